The van der Waals surface area contributed by atoms with Crippen molar-refractivity contribution >= 4 is 0 Å². The highest BCUT2D eigenvalue weighted by atomic mass is 16.5. The van der Waals surface area contributed by atoms with Gasteiger partial charge in [0, 0.05) is 43.4 Å². The smallest absolute Gasteiger partial charge is 0.0513 e. The van der Waals surface area contributed by atoms with Gasteiger partial charge in [-0.05, 0) is 30.9 Å². The predicted octanol–water partition coefficient (Wildman–Crippen LogP) is 1.81. The zero-order valence-corrected chi connectivity index (χ0v) is 10.1. The predicted molar refractivity (Wildman–Crippen MR) is 66.9 cm³/mol. The molecule has 0 amide bonds. The molecule has 0 spiro atoms. The summed E-state index contributed by atoms with van der Waals surface area (Å²) in [6.07, 6.45) is 4.62. The van der Waals surface area contributed by atoms with E-state index >= 15 is 0 Å². The van der Waals surface area contributed by atoms with E-state index in [1.165, 1.54) is 18.5 Å². The Morgan fingerprint density at radius 2 is 2.18 bits per heavy atom. The number of hydrogen-bond donors (Lipinski definition) is 1. The topological polar surface area (TPSA) is 34.1 Å². The molecule has 1 aromatic heterocycles. The van der Waals surface area contributed by atoms with Gasteiger partial charge in [-0.1, -0.05) is 6.07 Å². The third kappa shape index (κ3) is 2.85. The molecule has 3 rings (SSSR count). The van der Waals surface area contributed by atoms with Crippen molar-refractivity contribution in [2.45, 2.75) is 18.8 Å². The molecule has 0 unspecified atom stereocenters. The lowest BCUT2D eigenvalue weighted by atomic mass is 9.93. The van der Waals surface area contributed by atoms with Crippen LogP contribution in [0.5, 0.6) is 0 Å². The van der Waals surface area contributed by atoms with Crippen molar-refractivity contribution in [1.29, 1.82) is 0 Å². The van der Waals surface area contributed by atoms with Gasteiger partial charge in [-0.3, -0.25) is 4.98 Å². The van der Waals surface area contributed by atoms with Gasteiger partial charge in [0.15, 0.2) is 0 Å². The Hall–Kier alpha value is -0.930. The van der Waals surface area contributed by atoms with Gasteiger partial charge in [0.1, 0.15) is 0 Å². The highest BCUT2D eigenvalue weighted by Crippen LogP contribution is 2.30. The summed E-state index contributed by atoms with van der Waals surface area (Å²) in [5.41, 5.74) is 1.21. The van der Waals surface area contributed by atoms with Crippen molar-refractivity contribution in [3.05, 3.63) is 30.1 Å². The molecule has 1 saturated heterocycles. The standard InChI is InChI=1S/C14H20N2O/c1-2-6-16-14(3-1)13-8-15-7-12(13)10-17-9-11-4-5-11/h1-3,6,11-13,15H,4-5,7-10H2/t12-,13+/m1/s1. The van der Waals surface area contributed by atoms with Crippen molar-refractivity contribution in [3.8, 4) is 0 Å². The Kier molecular flexibility index (Phi) is 3.39. The lowest BCUT2D eigenvalue weighted by Gasteiger charge is -2.17. The molecule has 1 N–H and O–H groups in total. The number of nitrogens with one attached hydrogen (secondary N) is 1. The molecule has 0 bridgehead atoms. The molecule has 0 radical (unpaired) electrons. The molecule has 2 aliphatic rings. The Balaban J connectivity index is 1.55. The van der Waals surface area contributed by atoms with Gasteiger partial charge in [-0.25, -0.2) is 0 Å². The summed E-state index contributed by atoms with van der Waals surface area (Å²) in [7, 11) is 0. The highest BCUT2D eigenvalue weighted by Gasteiger charge is 2.30. The van der Waals surface area contributed by atoms with Gasteiger partial charge >= 0.3 is 0 Å². The number of ether oxygens (including phenoxy) is 1. The molecule has 92 valence electrons. The van der Waals surface area contributed by atoms with Crippen LogP contribution in [0.2, 0.25) is 0 Å². The first kappa shape index (κ1) is 11.2. The number of aromatic nitrogens is 1. The second-order valence-electron chi connectivity index (χ2n) is 5.26. The summed E-state index contributed by atoms with van der Waals surface area (Å²) in [6.45, 7) is 3.94. The van der Waals surface area contributed by atoms with Gasteiger partial charge in [-0.2, -0.15) is 0 Å². The second kappa shape index (κ2) is 5.15. The fourth-order valence-electron chi connectivity index (χ4n) is 2.52. The van der Waals surface area contributed by atoms with Gasteiger partial charge in [0.2, 0.25) is 0 Å². The van der Waals surface area contributed by atoms with E-state index in [4.69, 9.17) is 4.74 Å². The molecular formula is C14H20N2O. The molecule has 3 heteroatoms. The average Bonchev–Trinajstić information content (AvgIpc) is 3.07. The molecule has 1 aromatic rings. The summed E-state index contributed by atoms with van der Waals surface area (Å²) >= 11 is 0. The number of rotatable bonds is 5. The first-order chi connectivity index (χ1) is 8.43. The summed E-state index contributed by atoms with van der Waals surface area (Å²) in [4.78, 5) is 4.47. The van der Waals surface area contributed by atoms with Crippen LogP contribution >= 0.6 is 0 Å². The first-order valence-corrected chi connectivity index (χ1v) is 6.63. The van der Waals surface area contributed by atoms with Crippen LogP contribution in [0, 0.1) is 11.8 Å². The van der Waals surface area contributed by atoms with Crippen LogP contribution in [-0.2, 0) is 4.74 Å². The summed E-state index contributed by atoms with van der Waals surface area (Å²) in [5, 5.41) is 3.45. The van der Waals surface area contributed by atoms with E-state index in [2.05, 4.69) is 22.4 Å². The maximum Gasteiger partial charge on any atom is 0.0513 e. The molecule has 1 aliphatic carbocycles. The van der Waals surface area contributed by atoms with Gasteiger partial charge in [0.05, 0.1) is 6.61 Å². The number of nitrogens with zero attached hydrogens (tertiary/aromatic N) is 1. The molecule has 17 heavy (non-hydrogen) atoms. The fourth-order valence-corrected chi connectivity index (χ4v) is 2.52. The molecule has 1 aliphatic heterocycles. The maximum atomic E-state index is 5.83. The van der Waals surface area contributed by atoms with E-state index in [-0.39, 0.29) is 0 Å². The molecule has 0 aromatic carbocycles. The van der Waals surface area contributed by atoms with Crippen molar-refractivity contribution in [1.82, 2.24) is 10.3 Å². The quantitative estimate of drug-likeness (QED) is 0.840. The van der Waals surface area contributed by atoms with Crippen LogP contribution in [0.4, 0.5) is 0 Å². The molecule has 2 heterocycles. The Morgan fingerprint density at radius 1 is 1.24 bits per heavy atom. The molecule has 3 nitrogen and oxygen atoms in total. The third-order valence-corrected chi connectivity index (χ3v) is 3.79. The first-order valence-electron chi connectivity index (χ1n) is 6.63. The van der Waals surface area contributed by atoms with Crippen LogP contribution < -0.4 is 5.32 Å². The second-order valence-corrected chi connectivity index (χ2v) is 5.26. The van der Waals surface area contributed by atoms with Crippen LogP contribution in [-0.4, -0.2) is 31.3 Å². The minimum absolute atomic E-state index is 0.524. The van der Waals surface area contributed by atoms with E-state index in [1.54, 1.807) is 0 Å². The van der Waals surface area contributed by atoms with E-state index in [0.29, 0.717) is 11.8 Å². The summed E-state index contributed by atoms with van der Waals surface area (Å²) in [5.74, 6) is 1.97. The van der Waals surface area contributed by atoms with Crippen LogP contribution in [0.15, 0.2) is 24.4 Å². The van der Waals surface area contributed by atoms with Gasteiger partial charge < -0.3 is 10.1 Å². The number of hydrogen-bond acceptors (Lipinski definition) is 3. The third-order valence-electron chi connectivity index (χ3n) is 3.79. The van der Waals surface area contributed by atoms with Crippen LogP contribution in [0.3, 0.4) is 0 Å². The molecule has 2 fully saturated rings. The van der Waals surface area contributed by atoms with Crippen molar-refractivity contribution in [2.24, 2.45) is 11.8 Å². The van der Waals surface area contributed by atoms with E-state index in [1.807, 2.05) is 12.3 Å². The molecular weight excluding hydrogens is 212 g/mol. The SMILES string of the molecule is c1ccc([C@H]2CNC[C@@H]2COCC2CC2)nc1. The lowest BCUT2D eigenvalue weighted by molar-refractivity contribution is 0.0916. The van der Waals surface area contributed by atoms with Gasteiger partial charge in [0.25, 0.3) is 0 Å². The molecule has 1 saturated carbocycles. The van der Waals surface area contributed by atoms with Crippen molar-refractivity contribution in [2.75, 3.05) is 26.3 Å². The Morgan fingerprint density at radius 3 is 2.94 bits per heavy atom. The summed E-state index contributed by atoms with van der Waals surface area (Å²) in [6, 6.07) is 6.18. The van der Waals surface area contributed by atoms with E-state index in [9.17, 15) is 0 Å². The maximum absolute atomic E-state index is 5.83. The van der Waals surface area contributed by atoms with Crippen molar-refractivity contribution < 1.29 is 4.74 Å². The van der Waals surface area contributed by atoms with Crippen LogP contribution in [0.25, 0.3) is 0 Å². The monoisotopic (exact) mass is 232 g/mol. The van der Waals surface area contributed by atoms with Crippen molar-refractivity contribution in [3.63, 3.8) is 0 Å². The molecule has 2 atom stereocenters. The Bertz CT molecular complexity index is 350. The minimum Gasteiger partial charge on any atom is -0.381 e. The van der Waals surface area contributed by atoms with E-state index in [0.717, 1.165) is 32.2 Å². The lowest BCUT2D eigenvalue weighted by Crippen LogP contribution is -2.19. The largest absolute Gasteiger partial charge is 0.381 e. The zero-order valence-electron chi connectivity index (χ0n) is 10.1. The number of pyridine rings is 1. The average molecular weight is 232 g/mol. The summed E-state index contributed by atoms with van der Waals surface area (Å²) < 4.78 is 5.83. The Labute approximate surface area is 103 Å². The zero-order chi connectivity index (χ0) is 11.5. The highest BCUT2D eigenvalue weighted by molar-refractivity contribution is 5.13. The minimum atomic E-state index is 0.524. The fraction of sp³-hybridized carbons (Fsp3) is 0.643. The normalized spacial score (nSPS) is 28.5. The van der Waals surface area contributed by atoms with Gasteiger partial charge in [-0.15, -0.1) is 0 Å². The van der Waals surface area contributed by atoms with E-state index < -0.39 is 0 Å². The van der Waals surface area contributed by atoms with Crippen LogP contribution in [0.1, 0.15) is 24.5 Å².